The molecule has 6 heteroatoms. The van der Waals surface area contributed by atoms with E-state index in [4.69, 9.17) is 9.47 Å². The number of guanidine groups is 1. The first-order valence-corrected chi connectivity index (χ1v) is 10.5. The number of nitrogens with zero attached hydrogens (tertiary/aromatic N) is 1. The second-order valence-corrected chi connectivity index (χ2v) is 8.47. The van der Waals surface area contributed by atoms with Gasteiger partial charge in [-0.3, -0.25) is 4.99 Å². The molecular weight excluding hydrogens is 465 g/mol. The molecular formula is C22H34IN3O2. The molecule has 5 nitrogen and oxygen atoms in total. The summed E-state index contributed by atoms with van der Waals surface area (Å²) in [6, 6.07) is 6.40. The second kappa shape index (κ2) is 9.65. The number of rotatable bonds is 8. The van der Waals surface area contributed by atoms with Gasteiger partial charge in [0.15, 0.2) is 5.96 Å². The quantitative estimate of drug-likeness (QED) is 0.322. The highest BCUT2D eigenvalue weighted by Crippen LogP contribution is 2.60. The van der Waals surface area contributed by atoms with E-state index in [0.717, 1.165) is 49.2 Å². The summed E-state index contributed by atoms with van der Waals surface area (Å²) in [4.78, 5) is 4.40. The monoisotopic (exact) mass is 499 g/mol. The summed E-state index contributed by atoms with van der Waals surface area (Å²) in [6.45, 7) is 5.35. The van der Waals surface area contributed by atoms with Gasteiger partial charge in [-0.2, -0.15) is 0 Å². The van der Waals surface area contributed by atoms with Crippen LogP contribution < -0.4 is 15.4 Å². The third kappa shape index (κ3) is 5.53. The molecule has 2 saturated carbocycles. The van der Waals surface area contributed by atoms with E-state index < -0.39 is 0 Å². The Hall–Kier alpha value is -1.02. The standard InChI is InChI=1S/C22H33N3O2.HI/c1-16-5-6-17(20(12-16)27-14-19-4-3-11-26-19)13-24-21(23-2)25-15-22(9-10-22)18-7-8-18;/h5-6,12,18-19H,3-4,7-11,13-15H2,1-2H3,(H2,23,24,25);1H. The molecule has 4 rings (SSSR count). The summed E-state index contributed by atoms with van der Waals surface area (Å²) < 4.78 is 11.8. The lowest BCUT2D eigenvalue weighted by Crippen LogP contribution is -2.40. The second-order valence-electron chi connectivity index (χ2n) is 8.47. The maximum Gasteiger partial charge on any atom is 0.191 e. The van der Waals surface area contributed by atoms with Gasteiger partial charge in [0.1, 0.15) is 12.4 Å². The Morgan fingerprint density at radius 1 is 1.25 bits per heavy atom. The summed E-state index contributed by atoms with van der Waals surface area (Å²) in [6.07, 6.45) is 8.06. The maximum atomic E-state index is 6.11. The Morgan fingerprint density at radius 2 is 2.07 bits per heavy atom. The number of hydrogen-bond acceptors (Lipinski definition) is 3. The van der Waals surface area contributed by atoms with E-state index in [-0.39, 0.29) is 30.1 Å². The molecule has 1 unspecified atom stereocenters. The Balaban J connectivity index is 0.00000225. The minimum absolute atomic E-state index is 0. The Bertz CT molecular complexity index is 680. The highest BCUT2D eigenvalue weighted by Gasteiger charge is 2.53. The van der Waals surface area contributed by atoms with Gasteiger partial charge >= 0.3 is 0 Å². The summed E-state index contributed by atoms with van der Waals surface area (Å²) in [5.41, 5.74) is 2.94. The molecule has 1 aromatic rings. The van der Waals surface area contributed by atoms with Crippen LogP contribution in [0.3, 0.4) is 0 Å². The van der Waals surface area contributed by atoms with E-state index >= 15 is 0 Å². The van der Waals surface area contributed by atoms with Crippen molar-refractivity contribution in [2.75, 3.05) is 26.8 Å². The minimum Gasteiger partial charge on any atom is -0.491 e. The molecule has 3 fully saturated rings. The average Bonchev–Trinajstić information content (AvgIpc) is 3.60. The lowest BCUT2D eigenvalue weighted by Gasteiger charge is -2.19. The molecule has 1 heterocycles. The van der Waals surface area contributed by atoms with E-state index in [1.54, 1.807) is 0 Å². The summed E-state index contributed by atoms with van der Waals surface area (Å²) in [7, 11) is 1.84. The highest BCUT2D eigenvalue weighted by molar-refractivity contribution is 14.0. The van der Waals surface area contributed by atoms with Crippen molar-refractivity contribution in [2.24, 2.45) is 16.3 Å². The molecule has 0 aromatic heterocycles. The van der Waals surface area contributed by atoms with Crippen molar-refractivity contribution < 1.29 is 9.47 Å². The van der Waals surface area contributed by atoms with Gasteiger partial charge in [-0.1, -0.05) is 12.1 Å². The van der Waals surface area contributed by atoms with Gasteiger partial charge in [0, 0.05) is 32.3 Å². The first-order chi connectivity index (χ1) is 13.2. The summed E-state index contributed by atoms with van der Waals surface area (Å²) in [5.74, 6) is 2.79. The fourth-order valence-corrected chi connectivity index (χ4v) is 4.15. The smallest absolute Gasteiger partial charge is 0.191 e. The van der Waals surface area contributed by atoms with Crippen molar-refractivity contribution in [1.29, 1.82) is 0 Å². The number of aliphatic imine (C=N–C) groups is 1. The van der Waals surface area contributed by atoms with Crippen molar-refractivity contribution in [3.8, 4) is 5.75 Å². The third-order valence-corrected chi connectivity index (χ3v) is 6.28. The molecule has 0 bridgehead atoms. The van der Waals surface area contributed by atoms with Crippen LogP contribution in [0.1, 0.15) is 49.7 Å². The molecule has 1 saturated heterocycles. The number of halogens is 1. The molecule has 2 aliphatic carbocycles. The van der Waals surface area contributed by atoms with Crippen LogP contribution in [-0.2, 0) is 11.3 Å². The molecule has 0 spiro atoms. The summed E-state index contributed by atoms with van der Waals surface area (Å²) in [5, 5.41) is 7.01. The maximum absolute atomic E-state index is 6.11. The fraction of sp³-hybridized carbons (Fsp3) is 0.682. The molecule has 1 atom stereocenters. The van der Waals surface area contributed by atoms with Crippen molar-refractivity contribution >= 4 is 29.9 Å². The molecule has 0 radical (unpaired) electrons. The SMILES string of the molecule is CN=C(NCc1ccc(C)cc1OCC1CCCO1)NCC1(C2CC2)CC1.I. The summed E-state index contributed by atoms with van der Waals surface area (Å²) >= 11 is 0. The van der Waals surface area contributed by atoms with E-state index in [1.165, 1.54) is 31.2 Å². The first kappa shape index (κ1) is 21.7. The van der Waals surface area contributed by atoms with Gasteiger partial charge < -0.3 is 20.1 Å². The van der Waals surface area contributed by atoms with Crippen LogP contribution in [0.4, 0.5) is 0 Å². The van der Waals surface area contributed by atoms with Crippen LogP contribution in [0, 0.1) is 18.3 Å². The van der Waals surface area contributed by atoms with Crippen LogP contribution in [0.5, 0.6) is 5.75 Å². The van der Waals surface area contributed by atoms with Gasteiger partial charge in [-0.05, 0) is 68.4 Å². The number of ether oxygens (including phenoxy) is 2. The van der Waals surface area contributed by atoms with Gasteiger partial charge in [-0.15, -0.1) is 24.0 Å². The number of nitrogens with one attached hydrogen (secondary N) is 2. The van der Waals surface area contributed by atoms with Crippen LogP contribution >= 0.6 is 24.0 Å². The molecule has 2 N–H and O–H groups in total. The zero-order valence-electron chi connectivity index (χ0n) is 17.1. The predicted octanol–water partition coefficient (Wildman–Crippen LogP) is 4.03. The minimum atomic E-state index is 0. The van der Waals surface area contributed by atoms with Crippen molar-refractivity contribution in [1.82, 2.24) is 10.6 Å². The Morgan fingerprint density at radius 3 is 2.71 bits per heavy atom. The van der Waals surface area contributed by atoms with Crippen LogP contribution in [0.15, 0.2) is 23.2 Å². The lowest BCUT2D eigenvalue weighted by atomic mass is 10.0. The van der Waals surface area contributed by atoms with Gasteiger partial charge in [0.25, 0.3) is 0 Å². The molecule has 156 valence electrons. The zero-order chi connectivity index (χ0) is 18.7. The number of aryl methyl sites for hydroxylation is 1. The largest absolute Gasteiger partial charge is 0.491 e. The lowest BCUT2D eigenvalue weighted by molar-refractivity contribution is 0.0676. The predicted molar refractivity (Wildman–Crippen MR) is 124 cm³/mol. The third-order valence-electron chi connectivity index (χ3n) is 6.28. The fourth-order valence-electron chi connectivity index (χ4n) is 4.15. The first-order valence-electron chi connectivity index (χ1n) is 10.5. The van der Waals surface area contributed by atoms with Crippen LogP contribution in [-0.4, -0.2) is 38.9 Å². The molecule has 1 aliphatic heterocycles. The molecule has 1 aromatic carbocycles. The van der Waals surface area contributed by atoms with E-state index in [2.05, 4.69) is 40.7 Å². The van der Waals surface area contributed by atoms with Gasteiger partial charge in [0.2, 0.25) is 0 Å². The number of benzene rings is 1. The number of hydrogen-bond donors (Lipinski definition) is 2. The van der Waals surface area contributed by atoms with E-state index in [0.29, 0.717) is 18.6 Å². The van der Waals surface area contributed by atoms with E-state index in [1.807, 2.05) is 7.05 Å². The van der Waals surface area contributed by atoms with Crippen molar-refractivity contribution in [3.05, 3.63) is 29.3 Å². The molecule has 3 aliphatic rings. The topological polar surface area (TPSA) is 54.9 Å². The van der Waals surface area contributed by atoms with Crippen LogP contribution in [0.25, 0.3) is 0 Å². The molecule has 0 amide bonds. The van der Waals surface area contributed by atoms with Gasteiger partial charge in [-0.25, -0.2) is 0 Å². The van der Waals surface area contributed by atoms with E-state index in [9.17, 15) is 0 Å². The zero-order valence-corrected chi connectivity index (χ0v) is 19.5. The Labute approximate surface area is 186 Å². The normalized spacial score (nSPS) is 23.1. The Kier molecular flexibility index (Phi) is 7.48. The van der Waals surface area contributed by atoms with Crippen molar-refractivity contribution in [2.45, 2.75) is 58.1 Å². The van der Waals surface area contributed by atoms with Crippen molar-refractivity contribution in [3.63, 3.8) is 0 Å². The van der Waals surface area contributed by atoms with Gasteiger partial charge in [0.05, 0.1) is 6.10 Å². The van der Waals surface area contributed by atoms with Crippen LogP contribution in [0.2, 0.25) is 0 Å². The highest BCUT2D eigenvalue weighted by atomic mass is 127. The molecule has 28 heavy (non-hydrogen) atoms. The average molecular weight is 499 g/mol.